The Morgan fingerprint density at radius 1 is 1.38 bits per heavy atom. The van der Waals surface area contributed by atoms with Crippen LogP contribution in [0.3, 0.4) is 0 Å². The van der Waals surface area contributed by atoms with E-state index in [1.807, 2.05) is 23.1 Å². The van der Waals surface area contributed by atoms with E-state index in [2.05, 4.69) is 17.4 Å². The predicted octanol–water partition coefficient (Wildman–Crippen LogP) is 1.10. The maximum absolute atomic E-state index is 11.7. The van der Waals surface area contributed by atoms with Crippen molar-refractivity contribution in [1.29, 1.82) is 0 Å². The van der Waals surface area contributed by atoms with Crippen molar-refractivity contribution < 1.29 is 4.79 Å². The third-order valence-electron chi connectivity index (χ3n) is 2.89. The van der Waals surface area contributed by atoms with Crippen LogP contribution in [-0.2, 0) is 0 Å². The first-order chi connectivity index (χ1) is 7.83. The molecule has 3 N–H and O–H groups in total. The molecule has 1 atom stereocenters. The van der Waals surface area contributed by atoms with E-state index in [0.29, 0.717) is 13.1 Å². The standard InChI is InChI=1S/C12H17N3O/c13-7-9-15-11(6-8-14-12(15)16)10-4-2-1-3-5-10/h1-5,11H,6-9,13H2,(H,14,16). The number of nitrogens with one attached hydrogen (secondary N) is 1. The number of carbonyl (C=O) groups is 1. The van der Waals surface area contributed by atoms with Gasteiger partial charge in [-0.15, -0.1) is 0 Å². The molecule has 0 saturated carbocycles. The van der Waals surface area contributed by atoms with E-state index < -0.39 is 0 Å². The molecule has 1 aromatic carbocycles. The fourth-order valence-electron chi connectivity index (χ4n) is 2.13. The average molecular weight is 219 g/mol. The van der Waals surface area contributed by atoms with E-state index in [-0.39, 0.29) is 12.1 Å². The number of urea groups is 1. The average Bonchev–Trinajstić information content (AvgIpc) is 2.33. The smallest absolute Gasteiger partial charge is 0.317 e. The molecule has 86 valence electrons. The number of carbonyl (C=O) groups excluding carboxylic acids is 1. The molecular weight excluding hydrogens is 202 g/mol. The summed E-state index contributed by atoms with van der Waals surface area (Å²) < 4.78 is 0. The van der Waals surface area contributed by atoms with Crippen molar-refractivity contribution in [3.8, 4) is 0 Å². The van der Waals surface area contributed by atoms with Crippen molar-refractivity contribution in [2.75, 3.05) is 19.6 Å². The van der Waals surface area contributed by atoms with Gasteiger partial charge in [0.05, 0.1) is 6.04 Å². The molecule has 0 aromatic heterocycles. The SMILES string of the molecule is NCCN1C(=O)NCCC1c1ccccc1. The summed E-state index contributed by atoms with van der Waals surface area (Å²) in [5.74, 6) is 0. The molecule has 1 aliphatic rings. The van der Waals surface area contributed by atoms with Gasteiger partial charge in [0, 0.05) is 19.6 Å². The number of hydrogen-bond donors (Lipinski definition) is 2. The lowest BCUT2D eigenvalue weighted by Gasteiger charge is -2.36. The Bertz CT molecular complexity index is 353. The Hall–Kier alpha value is -1.55. The van der Waals surface area contributed by atoms with Crippen molar-refractivity contribution in [1.82, 2.24) is 10.2 Å². The first kappa shape index (κ1) is 11.0. The summed E-state index contributed by atoms with van der Waals surface area (Å²) in [4.78, 5) is 13.5. The van der Waals surface area contributed by atoms with Crippen LogP contribution < -0.4 is 11.1 Å². The highest BCUT2D eigenvalue weighted by molar-refractivity contribution is 5.75. The number of amides is 2. The minimum Gasteiger partial charge on any atom is -0.338 e. The molecule has 1 aliphatic heterocycles. The first-order valence-corrected chi connectivity index (χ1v) is 5.62. The summed E-state index contributed by atoms with van der Waals surface area (Å²) in [6, 6.07) is 10.3. The Labute approximate surface area is 95.4 Å². The zero-order chi connectivity index (χ0) is 11.4. The topological polar surface area (TPSA) is 58.4 Å². The van der Waals surface area contributed by atoms with Crippen molar-refractivity contribution in [3.05, 3.63) is 35.9 Å². The van der Waals surface area contributed by atoms with Gasteiger partial charge in [-0.1, -0.05) is 30.3 Å². The molecule has 2 amide bonds. The minimum absolute atomic E-state index is 0.00875. The fourth-order valence-corrected chi connectivity index (χ4v) is 2.13. The number of hydrogen-bond acceptors (Lipinski definition) is 2. The molecule has 0 spiro atoms. The Kier molecular flexibility index (Phi) is 3.41. The van der Waals surface area contributed by atoms with Crippen LogP contribution in [0.4, 0.5) is 4.79 Å². The minimum atomic E-state index is -0.00875. The molecule has 1 unspecified atom stereocenters. The number of rotatable bonds is 3. The van der Waals surface area contributed by atoms with Gasteiger partial charge in [-0.2, -0.15) is 0 Å². The molecule has 0 bridgehead atoms. The quantitative estimate of drug-likeness (QED) is 0.799. The Balaban J connectivity index is 2.20. The van der Waals surface area contributed by atoms with Gasteiger partial charge in [-0.3, -0.25) is 0 Å². The van der Waals surface area contributed by atoms with Crippen LogP contribution in [0.1, 0.15) is 18.0 Å². The van der Waals surface area contributed by atoms with Gasteiger partial charge in [0.25, 0.3) is 0 Å². The second kappa shape index (κ2) is 4.99. The van der Waals surface area contributed by atoms with Gasteiger partial charge in [0.2, 0.25) is 0 Å². The van der Waals surface area contributed by atoms with Gasteiger partial charge in [0.15, 0.2) is 0 Å². The highest BCUT2D eigenvalue weighted by Crippen LogP contribution is 2.25. The zero-order valence-corrected chi connectivity index (χ0v) is 9.23. The van der Waals surface area contributed by atoms with Gasteiger partial charge in [0.1, 0.15) is 0 Å². The van der Waals surface area contributed by atoms with E-state index >= 15 is 0 Å². The third-order valence-corrected chi connectivity index (χ3v) is 2.89. The van der Waals surface area contributed by atoms with Crippen molar-refractivity contribution in [3.63, 3.8) is 0 Å². The van der Waals surface area contributed by atoms with Crippen LogP contribution in [0.25, 0.3) is 0 Å². The molecule has 2 rings (SSSR count). The maximum atomic E-state index is 11.7. The predicted molar refractivity (Wildman–Crippen MR) is 63.0 cm³/mol. The second-order valence-electron chi connectivity index (χ2n) is 3.93. The van der Waals surface area contributed by atoms with Gasteiger partial charge in [-0.05, 0) is 12.0 Å². The summed E-state index contributed by atoms with van der Waals surface area (Å²) in [6.45, 7) is 1.83. The van der Waals surface area contributed by atoms with Gasteiger partial charge in [-0.25, -0.2) is 4.79 Å². The maximum Gasteiger partial charge on any atom is 0.317 e. The highest BCUT2D eigenvalue weighted by Gasteiger charge is 2.27. The molecule has 0 radical (unpaired) electrons. The molecule has 16 heavy (non-hydrogen) atoms. The van der Waals surface area contributed by atoms with Crippen LogP contribution in [0.5, 0.6) is 0 Å². The Morgan fingerprint density at radius 3 is 2.81 bits per heavy atom. The molecule has 1 aromatic rings. The number of nitrogens with zero attached hydrogens (tertiary/aromatic N) is 1. The van der Waals surface area contributed by atoms with Crippen LogP contribution >= 0.6 is 0 Å². The van der Waals surface area contributed by atoms with Crippen molar-refractivity contribution in [2.45, 2.75) is 12.5 Å². The van der Waals surface area contributed by atoms with Crippen LogP contribution in [-0.4, -0.2) is 30.6 Å². The van der Waals surface area contributed by atoms with Crippen molar-refractivity contribution in [2.24, 2.45) is 5.73 Å². The summed E-state index contributed by atoms with van der Waals surface area (Å²) >= 11 is 0. The number of nitrogens with two attached hydrogens (primary N) is 1. The van der Waals surface area contributed by atoms with E-state index in [4.69, 9.17) is 5.73 Å². The normalized spacial score (nSPS) is 20.7. The fraction of sp³-hybridized carbons (Fsp3) is 0.417. The van der Waals surface area contributed by atoms with E-state index in [0.717, 1.165) is 13.0 Å². The second-order valence-corrected chi connectivity index (χ2v) is 3.93. The lowest BCUT2D eigenvalue weighted by Crippen LogP contribution is -2.49. The summed E-state index contributed by atoms with van der Waals surface area (Å²) in [5.41, 5.74) is 6.73. The van der Waals surface area contributed by atoms with E-state index in [1.54, 1.807) is 0 Å². The molecule has 4 heteroatoms. The van der Waals surface area contributed by atoms with Crippen LogP contribution in [0.2, 0.25) is 0 Å². The summed E-state index contributed by atoms with van der Waals surface area (Å²) in [5, 5.41) is 2.85. The van der Waals surface area contributed by atoms with E-state index in [1.165, 1.54) is 5.56 Å². The van der Waals surface area contributed by atoms with Crippen molar-refractivity contribution >= 4 is 6.03 Å². The summed E-state index contributed by atoms with van der Waals surface area (Å²) in [7, 11) is 0. The van der Waals surface area contributed by atoms with Crippen LogP contribution in [0, 0.1) is 0 Å². The first-order valence-electron chi connectivity index (χ1n) is 5.62. The third kappa shape index (κ3) is 2.17. The summed E-state index contributed by atoms with van der Waals surface area (Å²) in [6.07, 6.45) is 0.940. The van der Waals surface area contributed by atoms with E-state index in [9.17, 15) is 4.79 Å². The lowest BCUT2D eigenvalue weighted by molar-refractivity contribution is 0.156. The van der Waals surface area contributed by atoms with Gasteiger partial charge >= 0.3 is 6.03 Å². The highest BCUT2D eigenvalue weighted by atomic mass is 16.2. The zero-order valence-electron chi connectivity index (χ0n) is 9.23. The molecular formula is C12H17N3O. The molecule has 1 saturated heterocycles. The molecule has 1 heterocycles. The molecule has 0 aliphatic carbocycles. The monoisotopic (exact) mass is 219 g/mol. The molecule has 1 fully saturated rings. The van der Waals surface area contributed by atoms with Gasteiger partial charge < -0.3 is 16.0 Å². The largest absolute Gasteiger partial charge is 0.338 e. The number of benzene rings is 1. The molecule has 4 nitrogen and oxygen atoms in total. The van der Waals surface area contributed by atoms with Crippen LogP contribution in [0.15, 0.2) is 30.3 Å². The Morgan fingerprint density at radius 2 is 2.12 bits per heavy atom. The lowest BCUT2D eigenvalue weighted by atomic mass is 10.0.